The van der Waals surface area contributed by atoms with Crippen LogP contribution in [0.5, 0.6) is 0 Å². The van der Waals surface area contributed by atoms with E-state index in [-0.39, 0.29) is 18.4 Å². The van der Waals surface area contributed by atoms with Crippen molar-refractivity contribution < 1.29 is 9.59 Å². The molecule has 0 spiro atoms. The van der Waals surface area contributed by atoms with Gasteiger partial charge in [0.2, 0.25) is 5.91 Å². The van der Waals surface area contributed by atoms with Crippen LogP contribution in [0.2, 0.25) is 0 Å². The zero-order chi connectivity index (χ0) is 20.5. The van der Waals surface area contributed by atoms with E-state index >= 15 is 0 Å². The maximum absolute atomic E-state index is 12.4. The third-order valence-corrected chi connectivity index (χ3v) is 6.43. The first kappa shape index (κ1) is 18.6. The molecule has 0 aliphatic heterocycles. The van der Waals surface area contributed by atoms with Crippen molar-refractivity contribution in [1.29, 1.82) is 0 Å². The summed E-state index contributed by atoms with van der Waals surface area (Å²) < 4.78 is 0. The molecule has 2 bridgehead atoms. The number of hydrogen-bond donors (Lipinski definition) is 2. The minimum Gasteiger partial charge on any atom is -0.354 e. The van der Waals surface area contributed by atoms with E-state index in [0.29, 0.717) is 29.9 Å². The lowest BCUT2D eigenvalue weighted by molar-refractivity contribution is -0.120. The molecule has 0 saturated carbocycles. The molecule has 3 aliphatic carbocycles. The summed E-state index contributed by atoms with van der Waals surface area (Å²) in [5.74, 6) is 0.671. The van der Waals surface area contributed by atoms with Gasteiger partial charge in [-0.05, 0) is 46.7 Å². The molecule has 0 fully saturated rings. The molecule has 0 heterocycles. The predicted molar refractivity (Wildman–Crippen MR) is 116 cm³/mol. The molecule has 0 aromatic heterocycles. The number of fused-ring (bicyclic) bond motifs is 1. The lowest BCUT2D eigenvalue weighted by Gasteiger charge is -2.45. The zero-order valence-corrected chi connectivity index (χ0v) is 16.7. The van der Waals surface area contributed by atoms with Gasteiger partial charge in [0.25, 0.3) is 5.91 Å². The van der Waals surface area contributed by atoms with Gasteiger partial charge in [0.1, 0.15) is 0 Å². The van der Waals surface area contributed by atoms with Crippen molar-refractivity contribution in [3.8, 4) is 0 Å². The second kappa shape index (κ2) is 7.79. The minimum absolute atomic E-state index is 0.0122. The van der Waals surface area contributed by atoms with E-state index in [1.54, 1.807) is 12.1 Å². The van der Waals surface area contributed by atoms with E-state index in [1.165, 1.54) is 22.3 Å². The Morgan fingerprint density at radius 1 is 0.733 bits per heavy atom. The van der Waals surface area contributed by atoms with Crippen molar-refractivity contribution in [3.63, 3.8) is 0 Å². The molecule has 3 aliphatic rings. The highest BCUT2D eigenvalue weighted by molar-refractivity contribution is 5.96. The summed E-state index contributed by atoms with van der Waals surface area (Å²) in [6.07, 6.45) is 1.04. The fourth-order valence-electron chi connectivity index (χ4n) is 5.12. The maximum atomic E-state index is 12.4. The normalized spacial score (nSPS) is 20.7. The Hall–Kier alpha value is -3.40. The van der Waals surface area contributed by atoms with Crippen molar-refractivity contribution in [1.82, 2.24) is 10.6 Å². The van der Waals surface area contributed by atoms with Crippen LogP contribution in [0.4, 0.5) is 0 Å². The zero-order valence-electron chi connectivity index (χ0n) is 16.7. The highest BCUT2D eigenvalue weighted by Gasteiger charge is 2.42. The van der Waals surface area contributed by atoms with Crippen LogP contribution in [0.25, 0.3) is 0 Å². The third-order valence-electron chi connectivity index (χ3n) is 6.43. The van der Waals surface area contributed by atoms with Gasteiger partial charge >= 0.3 is 0 Å². The summed E-state index contributed by atoms with van der Waals surface area (Å²) in [5, 5.41) is 5.75. The minimum atomic E-state index is -0.231. The summed E-state index contributed by atoms with van der Waals surface area (Å²) >= 11 is 0. The molecule has 1 atom stereocenters. The SMILES string of the molecule is O=C(CNC(=O)c1ccccc1)NCC1CC2c3ccccc3C1c1ccccc12. The Morgan fingerprint density at radius 3 is 1.93 bits per heavy atom. The molecule has 3 aromatic carbocycles. The average Bonchev–Trinajstić information content (AvgIpc) is 2.82. The summed E-state index contributed by atoms with van der Waals surface area (Å²) in [6.45, 7) is 0.603. The van der Waals surface area contributed by atoms with Crippen molar-refractivity contribution in [3.05, 3.63) is 107 Å². The second-order valence-corrected chi connectivity index (χ2v) is 8.14. The van der Waals surface area contributed by atoms with Crippen LogP contribution in [0.3, 0.4) is 0 Å². The molecular weight excluding hydrogens is 372 g/mol. The Morgan fingerprint density at radius 2 is 1.30 bits per heavy atom. The number of carbonyl (C=O) groups excluding carboxylic acids is 2. The Labute approximate surface area is 176 Å². The molecule has 3 aromatic rings. The van der Waals surface area contributed by atoms with E-state index in [2.05, 4.69) is 59.2 Å². The fourth-order valence-corrected chi connectivity index (χ4v) is 5.12. The van der Waals surface area contributed by atoms with E-state index in [1.807, 2.05) is 18.2 Å². The van der Waals surface area contributed by atoms with Crippen molar-refractivity contribution in [2.45, 2.75) is 18.3 Å². The Balaban J connectivity index is 1.25. The average molecular weight is 396 g/mol. The maximum Gasteiger partial charge on any atom is 0.251 e. The molecule has 30 heavy (non-hydrogen) atoms. The van der Waals surface area contributed by atoms with Crippen molar-refractivity contribution in [2.24, 2.45) is 5.92 Å². The molecule has 4 nitrogen and oxygen atoms in total. The number of amides is 2. The number of rotatable bonds is 5. The molecule has 6 rings (SSSR count). The lowest BCUT2D eigenvalue weighted by Crippen LogP contribution is -2.42. The highest BCUT2D eigenvalue weighted by atomic mass is 16.2. The third kappa shape index (κ3) is 3.28. The molecular formula is C26H24N2O2. The van der Waals surface area contributed by atoms with Gasteiger partial charge in [-0.25, -0.2) is 0 Å². The van der Waals surface area contributed by atoms with Crippen LogP contribution >= 0.6 is 0 Å². The van der Waals surface area contributed by atoms with Gasteiger partial charge in [0, 0.05) is 23.9 Å². The first-order chi connectivity index (χ1) is 14.7. The van der Waals surface area contributed by atoms with Crippen LogP contribution in [-0.2, 0) is 4.79 Å². The number of hydrogen-bond acceptors (Lipinski definition) is 2. The molecule has 0 radical (unpaired) electrons. The first-order valence-electron chi connectivity index (χ1n) is 10.5. The molecule has 150 valence electrons. The van der Waals surface area contributed by atoms with Gasteiger partial charge in [-0.3, -0.25) is 9.59 Å². The molecule has 2 N–H and O–H groups in total. The molecule has 1 unspecified atom stereocenters. The van der Waals surface area contributed by atoms with E-state index in [9.17, 15) is 9.59 Å². The smallest absolute Gasteiger partial charge is 0.251 e. The van der Waals surface area contributed by atoms with Gasteiger partial charge in [-0.1, -0.05) is 66.7 Å². The van der Waals surface area contributed by atoms with E-state index in [4.69, 9.17) is 0 Å². The van der Waals surface area contributed by atoms with Crippen molar-refractivity contribution in [2.75, 3.05) is 13.1 Å². The van der Waals surface area contributed by atoms with Crippen LogP contribution < -0.4 is 10.6 Å². The number of nitrogens with one attached hydrogen (secondary N) is 2. The van der Waals surface area contributed by atoms with Gasteiger partial charge in [-0.15, -0.1) is 0 Å². The quantitative estimate of drug-likeness (QED) is 0.689. The van der Waals surface area contributed by atoms with Crippen LogP contribution in [0.15, 0.2) is 78.9 Å². The monoisotopic (exact) mass is 396 g/mol. The second-order valence-electron chi connectivity index (χ2n) is 8.14. The fraction of sp³-hybridized carbons (Fsp3) is 0.231. The molecule has 0 saturated heterocycles. The van der Waals surface area contributed by atoms with E-state index < -0.39 is 0 Å². The van der Waals surface area contributed by atoms with Gasteiger partial charge in [0.15, 0.2) is 0 Å². The largest absolute Gasteiger partial charge is 0.354 e. The van der Waals surface area contributed by atoms with Gasteiger partial charge in [0.05, 0.1) is 6.54 Å². The topological polar surface area (TPSA) is 58.2 Å². The first-order valence-corrected chi connectivity index (χ1v) is 10.5. The molecule has 2 amide bonds. The standard InChI is InChI=1S/C26H24N2O2/c29-24(16-28-26(30)17-8-2-1-3-9-17)27-15-18-14-23-19-10-4-6-12-21(19)25(18)22-13-7-5-11-20(22)23/h1-13,18,23,25H,14-16H2,(H,27,29)(H,28,30). The van der Waals surface area contributed by atoms with Crippen LogP contribution in [0, 0.1) is 5.92 Å². The molecule has 4 heteroatoms. The Bertz CT molecular complexity index is 1050. The van der Waals surface area contributed by atoms with E-state index in [0.717, 1.165) is 6.42 Å². The predicted octanol–water partition coefficient (Wildman–Crippen LogP) is 3.83. The highest BCUT2D eigenvalue weighted by Crippen LogP contribution is 2.55. The number of carbonyl (C=O) groups is 2. The van der Waals surface area contributed by atoms with Crippen LogP contribution in [0.1, 0.15) is 50.9 Å². The summed E-state index contributed by atoms with van der Waals surface area (Å²) in [7, 11) is 0. The van der Waals surface area contributed by atoms with Crippen LogP contribution in [-0.4, -0.2) is 24.9 Å². The Kier molecular flexibility index (Phi) is 4.83. The van der Waals surface area contributed by atoms with Crippen molar-refractivity contribution >= 4 is 11.8 Å². The summed E-state index contributed by atoms with van der Waals surface area (Å²) in [4.78, 5) is 24.5. The summed E-state index contributed by atoms with van der Waals surface area (Å²) in [6, 6.07) is 26.4. The number of benzene rings is 3. The van der Waals surface area contributed by atoms with Gasteiger partial charge in [-0.2, -0.15) is 0 Å². The van der Waals surface area contributed by atoms with Gasteiger partial charge < -0.3 is 10.6 Å². The lowest BCUT2D eigenvalue weighted by atomic mass is 9.59. The summed E-state index contributed by atoms with van der Waals surface area (Å²) in [5.41, 5.74) is 6.20.